The van der Waals surface area contributed by atoms with Crippen LogP contribution in [0.4, 0.5) is 4.79 Å². The standard InChI is InChI=1S/C39H50N4O9/c1-7-8-22-49-38(48)43-20-18-42(19-21-43)36(46)30(16-17-34(44)52-39(4,5)6)41-35(45)32-24-33(29-15-14-26(2)23-31(29)40-32)51-27(3)37(47)50-25-28-12-10-9-11-13-28/h9-15,23-24,27,30H,7-8,16-22,25H2,1-6H3,(H,41,45). The molecule has 1 aliphatic heterocycles. The summed E-state index contributed by atoms with van der Waals surface area (Å²) in [6.45, 7) is 12.1. The first kappa shape index (κ1) is 39.6. The van der Waals surface area contributed by atoms with E-state index in [4.69, 9.17) is 18.9 Å². The number of rotatable bonds is 14. The summed E-state index contributed by atoms with van der Waals surface area (Å²) >= 11 is 0. The second-order valence-corrected chi connectivity index (χ2v) is 13.8. The van der Waals surface area contributed by atoms with Crippen LogP contribution in [0.15, 0.2) is 54.6 Å². The number of piperazine rings is 1. The van der Waals surface area contributed by atoms with Gasteiger partial charge in [-0.1, -0.05) is 49.7 Å². The molecule has 0 bridgehead atoms. The van der Waals surface area contributed by atoms with Crippen molar-refractivity contribution in [1.82, 2.24) is 20.1 Å². The summed E-state index contributed by atoms with van der Waals surface area (Å²) in [6, 6.07) is 15.0. The van der Waals surface area contributed by atoms with Gasteiger partial charge >= 0.3 is 18.0 Å². The number of unbranched alkanes of at least 4 members (excludes halogenated alkanes) is 1. The van der Waals surface area contributed by atoms with E-state index < -0.39 is 47.6 Å². The first-order chi connectivity index (χ1) is 24.7. The Balaban J connectivity index is 1.52. The Bertz CT molecular complexity index is 1720. The van der Waals surface area contributed by atoms with Crippen LogP contribution in [-0.2, 0) is 35.2 Å². The number of ether oxygens (including phenoxy) is 4. The Morgan fingerprint density at radius 3 is 2.29 bits per heavy atom. The molecule has 280 valence electrons. The average Bonchev–Trinajstić information content (AvgIpc) is 3.11. The third-order valence-electron chi connectivity index (χ3n) is 8.25. The van der Waals surface area contributed by atoms with Crippen LogP contribution in [0.25, 0.3) is 10.9 Å². The molecule has 1 aliphatic rings. The maximum atomic E-state index is 13.9. The van der Waals surface area contributed by atoms with Crippen LogP contribution in [0.3, 0.4) is 0 Å². The van der Waals surface area contributed by atoms with Crippen molar-refractivity contribution in [2.75, 3.05) is 32.8 Å². The van der Waals surface area contributed by atoms with Gasteiger partial charge in [-0.25, -0.2) is 14.6 Å². The van der Waals surface area contributed by atoms with Crippen molar-refractivity contribution in [3.63, 3.8) is 0 Å². The zero-order chi connectivity index (χ0) is 37.8. The van der Waals surface area contributed by atoms with Gasteiger partial charge in [-0.05, 0) is 70.7 Å². The van der Waals surface area contributed by atoms with Crippen molar-refractivity contribution in [3.05, 3.63) is 71.4 Å². The van der Waals surface area contributed by atoms with Gasteiger partial charge in [0, 0.05) is 44.1 Å². The first-order valence-electron chi connectivity index (χ1n) is 17.8. The van der Waals surface area contributed by atoms with Gasteiger partial charge < -0.3 is 34.1 Å². The van der Waals surface area contributed by atoms with E-state index in [9.17, 15) is 24.0 Å². The van der Waals surface area contributed by atoms with Crippen LogP contribution in [0, 0.1) is 6.92 Å². The number of aryl methyl sites for hydroxylation is 1. The summed E-state index contributed by atoms with van der Waals surface area (Å²) in [5, 5.41) is 3.36. The number of benzene rings is 2. The molecule has 52 heavy (non-hydrogen) atoms. The minimum Gasteiger partial charge on any atom is -0.478 e. The largest absolute Gasteiger partial charge is 0.478 e. The smallest absolute Gasteiger partial charge is 0.409 e. The van der Waals surface area contributed by atoms with Gasteiger partial charge in [0.05, 0.1) is 12.1 Å². The second kappa shape index (κ2) is 18.3. The fourth-order valence-corrected chi connectivity index (χ4v) is 5.47. The molecule has 1 N–H and O–H groups in total. The zero-order valence-electron chi connectivity index (χ0n) is 30.9. The normalized spacial score (nSPS) is 14.3. The number of hydrogen-bond donors (Lipinski definition) is 1. The number of pyridine rings is 1. The molecular weight excluding hydrogens is 668 g/mol. The van der Waals surface area contributed by atoms with Crippen molar-refractivity contribution in [2.45, 2.75) is 91.6 Å². The Morgan fingerprint density at radius 1 is 0.923 bits per heavy atom. The molecule has 0 saturated carbocycles. The number of fused-ring (bicyclic) bond motifs is 1. The Kier molecular flexibility index (Phi) is 14.0. The van der Waals surface area contributed by atoms with E-state index in [2.05, 4.69) is 10.3 Å². The van der Waals surface area contributed by atoms with E-state index >= 15 is 0 Å². The molecular formula is C39H50N4O9. The maximum absolute atomic E-state index is 13.9. The minimum atomic E-state index is -1.10. The fourth-order valence-electron chi connectivity index (χ4n) is 5.47. The molecule has 2 atom stereocenters. The molecule has 2 unspecified atom stereocenters. The number of carbonyl (C=O) groups is 5. The van der Waals surface area contributed by atoms with Gasteiger partial charge in [0.25, 0.3) is 5.91 Å². The predicted molar refractivity (Wildman–Crippen MR) is 194 cm³/mol. The Morgan fingerprint density at radius 2 is 1.62 bits per heavy atom. The number of aromatic nitrogens is 1. The summed E-state index contributed by atoms with van der Waals surface area (Å²) < 4.78 is 22.3. The second-order valence-electron chi connectivity index (χ2n) is 13.8. The lowest BCUT2D eigenvalue weighted by molar-refractivity contribution is -0.155. The molecule has 3 amide bonds. The third-order valence-corrected chi connectivity index (χ3v) is 8.25. The SMILES string of the molecule is CCCCOC(=O)N1CCN(C(=O)C(CCC(=O)OC(C)(C)C)NC(=O)c2cc(OC(C)C(=O)OCc3ccccc3)c3ccc(C)cc3n2)CC1. The monoisotopic (exact) mass is 718 g/mol. The number of amides is 3. The lowest BCUT2D eigenvalue weighted by Gasteiger charge is -2.36. The summed E-state index contributed by atoms with van der Waals surface area (Å²) in [6.07, 6.45) is 0.0699. The number of nitrogens with zero attached hydrogens (tertiary/aromatic N) is 3. The molecule has 3 aromatic rings. The molecule has 1 saturated heterocycles. The molecule has 2 aromatic carbocycles. The lowest BCUT2D eigenvalue weighted by Crippen LogP contribution is -2.56. The molecule has 13 nitrogen and oxygen atoms in total. The lowest BCUT2D eigenvalue weighted by atomic mass is 10.1. The number of carbonyl (C=O) groups excluding carboxylic acids is 5. The van der Waals surface area contributed by atoms with Gasteiger partial charge in [-0.15, -0.1) is 0 Å². The Labute approximate surface area is 304 Å². The highest BCUT2D eigenvalue weighted by molar-refractivity contribution is 5.99. The van der Waals surface area contributed by atoms with Gasteiger partial charge in [0.15, 0.2) is 6.10 Å². The summed E-state index contributed by atoms with van der Waals surface area (Å²) in [5.41, 5.74) is 1.39. The topological polar surface area (TPSA) is 154 Å². The van der Waals surface area contributed by atoms with Crippen molar-refractivity contribution in [3.8, 4) is 5.75 Å². The molecule has 0 spiro atoms. The Hall–Kier alpha value is -5.20. The van der Waals surface area contributed by atoms with Crippen LogP contribution in [0.1, 0.15) is 81.9 Å². The maximum Gasteiger partial charge on any atom is 0.409 e. The van der Waals surface area contributed by atoms with Crippen LogP contribution < -0.4 is 10.1 Å². The number of esters is 2. The molecule has 13 heteroatoms. The van der Waals surface area contributed by atoms with Crippen molar-refractivity contribution in [1.29, 1.82) is 0 Å². The van der Waals surface area contributed by atoms with E-state index in [1.165, 1.54) is 6.07 Å². The summed E-state index contributed by atoms with van der Waals surface area (Å²) in [5.74, 6) is -1.94. The fraction of sp³-hybridized carbons (Fsp3) is 0.487. The number of nitrogens with one attached hydrogen (secondary N) is 1. The highest BCUT2D eigenvalue weighted by Crippen LogP contribution is 2.28. The quantitative estimate of drug-likeness (QED) is 0.131. The van der Waals surface area contributed by atoms with Crippen molar-refractivity contribution >= 4 is 40.7 Å². The molecule has 0 radical (unpaired) electrons. The van der Waals surface area contributed by atoms with Crippen LogP contribution >= 0.6 is 0 Å². The average molecular weight is 719 g/mol. The van der Waals surface area contributed by atoms with Crippen LogP contribution in [0.2, 0.25) is 0 Å². The van der Waals surface area contributed by atoms with Crippen molar-refractivity contribution in [2.24, 2.45) is 0 Å². The van der Waals surface area contributed by atoms with Crippen LogP contribution in [-0.4, -0.2) is 95.2 Å². The van der Waals surface area contributed by atoms with Crippen molar-refractivity contribution < 1.29 is 42.9 Å². The van der Waals surface area contributed by atoms with E-state index in [1.807, 2.05) is 50.2 Å². The molecule has 1 aromatic heterocycles. The zero-order valence-corrected chi connectivity index (χ0v) is 30.9. The van der Waals surface area contributed by atoms with Gasteiger partial charge in [-0.3, -0.25) is 14.4 Å². The van der Waals surface area contributed by atoms with E-state index in [-0.39, 0.29) is 57.1 Å². The van der Waals surface area contributed by atoms with Crippen LogP contribution in [0.5, 0.6) is 5.75 Å². The third kappa shape index (κ3) is 11.7. The first-order valence-corrected chi connectivity index (χ1v) is 17.8. The molecule has 2 heterocycles. The van der Waals surface area contributed by atoms with E-state index in [0.717, 1.165) is 24.0 Å². The van der Waals surface area contributed by atoms with Gasteiger partial charge in [-0.2, -0.15) is 0 Å². The number of hydrogen-bond acceptors (Lipinski definition) is 10. The molecule has 0 aliphatic carbocycles. The highest BCUT2D eigenvalue weighted by Gasteiger charge is 2.32. The minimum absolute atomic E-state index is 0.0287. The summed E-state index contributed by atoms with van der Waals surface area (Å²) in [7, 11) is 0. The van der Waals surface area contributed by atoms with Gasteiger partial charge in [0.1, 0.15) is 29.7 Å². The van der Waals surface area contributed by atoms with E-state index in [0.29, 0.717) is 17.5 Å². The molecule has 1 fully saturated rings. The van der Waals surface area contributed by atoms with E-state index in [1.54, 1.807) is 49.6 Å². The summed E-state index contributed by atoms with van der Waals surface area (Å²) in [4.78, 5) is 73.4. The van der Waals surface area contributed by atoms with Gasteiger partial charge in [0.2, 0.25) is 5.91 Å². The predicted octanol–water partition coefficient (Wildman–Crippen LogP) is 5.36. The molecule has 4 rings (SSSR count). The highest BCUT2D eigenvalue weighted by atomic mass is 16.6.